The lowest BCUT2D eigenvalue weighted by molar-refractivity contribution is -0.384. The summed E-state index contributed by atoms with van der Waals surface area (Å²) in [5, 5.41) is 13.8. The average molecular weight is 385 g/mol. The molecule has 6 nitrogen and oxygen atoms in total. The number of carbonyl (C=O) groups excluding carboxylic acids is 1. The lowest BCUT2D eigenvalue weighted by atomic mass is 10.1. The number of benzene rings is 1. The minimum Gasteiger partial charge on any atom is -0.379 e. The molecule has 1 atom stereocenters. The summed E-state index contributed by atoms with van der Waals surface area (Å²) < 4.78 is 38.2. The van der Waals surface area contributed by atoms with E-state index in [1.54, 1.807) is 0 Å². The molecule has 1 amide bonds. The molecule has 2 saturated carbocycles. The summed E-state index contributed by atoms with van der Waals surface area (Å²) in [7, 11) is 0. The zero-order valence-corrected chi connectivity index (χ0v) is 15.0. The summed E-state index contributed by atoms with van der Waals surface area (Å²) in [4.78, 5) is 24.8. The van der Waals surface area contributed by atoms with Crippen molar-refractivity contribution in [3.05, 3.63) is 33.9 Å². The number of nitro groups is 1. The van der Waals surface area contributed by atoms with Crippen LogP contribution in [0.1, 0.15) is 44.6 Å². The molecule has 9 heteroatoms. The van der Waals surface area contributed by atoms with Gasteiger partial charge in [0.15, 0.2) is 0 Å². The van der Waals surface area contributed by atoms with Crippen LogP contribution in [0.4, 0.5) is 24.5 Å². The summed E-state index contributed by atoms with van der Waals surface area (Å²) in [6, 6.07) is 2.83. The van der Waals surface area contributed by atoms with Gasteiger partial charge in [0.2, 0.25) is 5.91 Å². The molecule has 1 N–H and O–H groups in total. The number of rotatable bonds is 8. The van der Waals surface area contributed by atoms with Crippen LogP contribution in [0.3, 0.4) is 0 Å². The van der Waals surface area contributed by atoms with Gasteiger partial charge in [0.25, 0.3) is 5.69 Å². The van der Waals surface area contributed by atoms with Crippen molar-refractivity contribution < 1.29 is 22.9 Å². The number of nitrogens with zero attached hydrogens (tertiary/aromatic N) is 2. The fraction of sp³-hybridized carbons (Fsp3) is 0.611. The van der Waals surface area contributed by atoms with Crippen LogP contribution in [-0.2, 0) is 11.0 Å². The SMILES string of the molecule is CC(C1CC1)N(C(=O)CCNc1ccc(C(F)(F)F)cc1[N+](=O)[O-])C1CC1. The summed E-state index contributed by atoms with van der Waals surface area (Å²) in [6.07, 6.45) is -0.239. The molecule has 0 aromatic heterocycles. The molecule has 148 valence electrons. The second-order valence-electron chi connectivity index (χ2n) is 7.27. The maximum atomic E-state index is 12.7. The number of alkyl halides is 3. The molecule has 3 rings (SSSR count). The number of anilines is 1. The van der Waals surface area contributed by atoms with Crippen molar-refractivity contribution in [3.63, 3.8) is 0 Å². The van der Waals surface area contributed by atoms with Crippen LogP contribution in [0.5, 0.6) is 0 Å². The highest BCUT2D eigenvalue weighted by Gasteiger charge is 2.41. The molecular formula is C18H22F3N3O3. The van der Waals surface area contributed by atoms with Crippen molar-refractivity contribution in [2.45, 2.75) is 57.3 Å². The van der Waals surface area contributed by atoms with Crippen LogP contribution < -0.4 is 5.32 Å². The van der Waals surface area contributed by atoms with Gasteiger partial charge >= 0.3 is 6.18 Å². The Morgan fingerprint density at radius 1 is 1.33 bits per heavy atom. The van der Waals surface area contributed by atoms with Crippen LogP contribution in [0.15, 0.2) is 18.2 Å². The first-order chi connectivity index (χ1) is 12.7. The van der Waals surface area contributed by atoms with Crippen molar-refractivity contribution in [1.82, 2.24) is 4.90 Å². The van der Waals surface area contributed by atoms with Crippen molar-refractivity contribution in [3.8, 4) is 0 Å². The summed E-state index contributed by atoms with van der Waals surface area (Å²) in [6.45, 7) is 2.19. The maximum absolute atomic E-state index is 12.7. The molecule has 2 fully saturated rings. The van der Waals surface area contributed by atoms with Gasteiger partial charge in [0, 0.05) is 31.1 Å². The lowest BCUT2D eigenvalue weighted by Crippen LogP contribution is -2.42. The molecule has 0 aliphatic heterocycles. The van der Waals surface area contributed by atoms with E-state index >= 15 is 0 Å². The number of amides is 1. The minimum absolute atomic E-state index is 0.0148. The number of nitro benzene ring substituents is 1. The molecule has 0 radical (unpaired) electrons. The number of halogens is 3. The Balaban J connectivity index is 1.62. The fourth-order valence-electron chi connectivity index (χ4n) is 3.36. The molecule has 2 aliphatic rings. The van der Waals surface area contributed by atoms with Crippen LogP contribution in [0.2, 0.25) is 0 Å². The smallest absolute Gasteiger partial charge is 0.379 e. The van der Waals surface area contributed by atoms with Gasteiger partial charge in [-0.15, -0.1) is 0 Å². The van der Waals surface area contributed by atoms with Gasteiger partial charge in [0.05, 0.1) is 10.5 Å². The highest BCUT2D eigenvalue weighted by atomic mass is 19.4. The first-order valence-electron chi connectivity index (χ1n) is 9.09. The zero-order valence-electron chi connectivity index (χ0n) is 15.0. The molecule has 0 heterocycles. The van der Waals surface area contributed by atoms with E-state index in [1.165, 1.54) is 0 Å². The van der Waals surface area contributed by atoms with E-state index in [0.717, 1.165) is 37.8 Å². The minimum atomic E-state index is -4.65. The van der Waals surface area contributed by atoms with E-state index in [2.05, 4.69) is 12.2 Å². The molecule has 0 spiro atoms. The van der Waals surface area contributed by atoms with Gasteiger partial charge in [-0.25, -0.2) is 0 Å². The molecule has 27 heavy (non-hydrogen) atoms. The third-order valence-electron chi connectivity index (χ3n) is 5.15. The normalized spacial score (nSPS) is 18.1. The lowest BCUT2D eigenvalue weighted by Gasteiger charge is -2.29. The Hall–Kier alpha value is -2.32. The van der Waals surface area contributed by atoms with Gasteiger partial charge in [-0.05, 0) is 50.7 Å². The van der Waals surface area contributed by atoms with Crippen LogP contribution >= 0.6 is 0 Å². The van der Waals surface area contributed by atoms with Crippen molar-refractivity contribution >= 4 is 17.3 Å². The van der Waals surface area contributed by atoms with Crippen LogP contribution in [0, 0.1) is 16.0 Å². The number of hydrogen-bond donors (Lipinski definition) is 1. The van der Waals surface area contributed by atoms with Crippen molar-refractivity contribution in [1.29, 1.82) is 0 Å². The fourth-order valence-corrected chi connectivity index (χ4v) is 3.36. The van der Waals surface area contributed by atoms with Gasteiger partial charge in [-0.1, -0.05) is 0 Å². The molecular weight excluding hydrogens is 363 g/mol. The van der Waals surface area contributed by atoms with Gasteiger partial charge in [0.1, 0.15) is 5.69 Å². The van der Waals surface area contributed by atoms with Crippen molar-refractivity contribution in [2.75, 3.05) is 11.9 Å². The van der Waals surface area contributed by atoms with E-state index in [4.69, 9.17) is 0 Å². The van der Waals surface area contributed by atoms with Crippen LogP contribution in [-0.4, -0.2) is 34.4 Å². The molecule has 1 aromatic rings. The second-order valence-corrected chi connectivity index (χ2v) is 7.27. The highest BCUT2D eigenvalue weighted by Crippen LogP contribution is 2.40. The Morgan fingerprint density at radius 2 is 2.00 bits per heavy atom. The van der Waals surface area contributed by atoms with Gasteiger partial charge in [-0.2, -0.15) is 13.2 Å². The first kappa shape index (κ1) is 19.4. The first-order valence-corrected chi connectivity index (χ1v) is 9.09. The predicted octanol–water partition coefficient (Wildman–Crippen LogP) is 4.21. The average Bonchev–Trinajstić information content (AvgIpc) is 3.45. The summed E-state index contributed by atoms with van der Waals surface area (Å²) >= 11 is 0. The third kappa shape index (κ3) is 4.70. The summed E-state index contributed by atoms with van der Waals surface area (Å²) in [5.74, 6) is 0.539. The Kier molecular flexibility index (Phi) is 5.30. The van der Waals surface area contributed by atoms with E-state index < -0.39 is 22.4 Å². The standard InChI is InChI=1S/C18H22F3N3O3/c1-11(12-2-3-12)23(14-5-6-14)17(25)8-9-22-15-7-4-13(18(19,20)21)10-16(15)24(26)27/h4,7,10-12,14,22H,2-3,5-6,8-9H2,1H3. The van der Waals surface area contributed by atoms with Crippen molar-refractivity contribution in [2.24, 2.45) is 5.92 Å². The Labute approximate surface area is 154 Å². The molecule has 1 unspecified atom stereocenters. The predicted molar refractivity (Wildman–Crippen MR) is 93.3 cm³/mol. The largest absolute Gasteiger partial charge is 0.416 e. The van der Waals surface area contributed by atoms with E-state index in [-0.39, 0.29) is 36.6 Å². The maximum Gasteiger partial charge on any atom is 0.416 e. The summed E-state index contributed by atoms with van der Waals surface area (Å²) in [5.41, 5.74) is -1.74. The topological polar surface area (TPSA) is 75.5 Å². The van der Waals surface area contributed by atoms with Gasteiger partial charge in [-0.3, -0.25) is 14.9 Å². The van der Waals surface area contributed by atoms with Crippen LogP contribution in [0.25, 0.3) is 0 Å². The van der Waals surface area contributed by atoms with E-state index in [1.807, 2.05) is 4.90 Å². The number of nitrogens with one attached hydrogen (secondary N) is 1. The van der Waals surface area contributed by atoms with E-state index in [0.29, 0.717) is 12.0 Å². The zero-order chi connectivity index (χ0) is 19.8. The Bertz CT molecular complexity index is 730. The highest BCUT2D eigenvalue weighted by molar-refractivity contribution is 5.78. The van der Waals surface area contributed by atoms with Gasteiger partial charge < -0.3 is 10.2 Å². The second kappa shape index (κ2) is 7.36. The number of carbonyl (C=O) groups is 1. The molecule has 0 saturated heterocycles. The molecule has 2 aliphatic carbocycles. The molecule has 0 bridgehead atoms. The molecule has 1 aromatic carbocycles. The number of hydrogen-bond acceptors (Lipinski definition) is 4. The quantitative estimate of drug-likeness (QED) is 0.537. The Morgan fingerprint density at radius 3 is 2.52 bits per heavy atom. The third-order valence-corrected chi connectivity index (χ3v) is 5.15. The monoisotopic (exact) mass is 385 g/mol. The van der Waals surface area contributed by atoms with E-state index in [9.17, 15) is 28.1 Å².